The molecule has 148 valence electrons. The van der Waals surface area contributed by atoms with Crippen LogP contribution in [0.4, 0.5) is 9.18 Å². The van der Waals surface area contributed by atoms with E-state index in [1.54, 1.807) is 24.1 Å². The fourth-order valence-electron chi connectivity index (χ4n) is 3.02. The van der Waals surface area contributed by atoms with Gasteiger partial charge in [0.25, 0.3) is 0 Å². The lowest BCUT2D eigenvalue weighted by atomic mass is 10.0. The van der Waals surface area contributed by atoms with E-state index in [2.05, 4.69) is 10.5 Å². The Kier molecular flexibility index (Phi) is 6.47. The number of hydrogen-bond acceptors (Lipinski definition) is 4. The number of urea groups is 1. The zero-order chi connectivity index (χ0) is 19.9. The molecule has 1 atom stereocenters. The summed E-state index contributed by atoms with van der Waals surface area (Å²) in [5, 5.41) is 7.00. The van der Waals surface area contributed by atoms with E-state index in [4.69, 9.17) is 9.57 Å². The first-order valence-electron chi connectivity index (χ1n) is 9.23. The SMILES string of the molecule is CCNC(=O)N(Cc1ccc(F)cc1)C[C@@H]1CC(c2ccc(OC)cc2)=NO1. The van der Waals surface area contributed by atoms with Crippen molar-refractivity contribution < 1.29 is 18.8 Å². The molecule has 0 unspecified atom stereocenters. The van der Waals surface area contributed by atoms with Crippen LogP contribution in [-0.2, 0) is 11.4 Å². The first kappa shape index (κ1) is 19.7. The maximum atomic E-state index is 13.1. The second-order valence-corrected chi connectivity index (χ2v) is 6.54. The Morgan fingerprint density at radius 1 is 1.25 bits per heavy atom. The molecular formula is C21H24FN3O3. The van der Waals surface area contributed by atoms with E-state index in [1.807, 2.05) is 31.2 Å². The van der Waals surface area contributed by atoms with Crippen molar-refractivity contribution in [1.29, 1.82) is 0 Å². The van der Waals surface area contributed by atoms with Crippen molar-refractivity contribution in [3.63, 3.8) is 0 Å². The van der Waals surface area contributed by atoms with Crippen molar-refractivity contribution >= 4 is 11.7 Å². The molecule has 2 amide bonds. The molecule has 7 heteroatoms. The highest BCUT2D eigenvalue weighted by Crippen LogP contribution is 2.20. The zero-order valence-corrected chi connectivity index (χ0v) is 16.0. The number of benzene rings is 2. The minimum absolute atomic E-state index is 0.187. The molecule has 6 nitrogen and oxygen atoms in total. The summed E-state index contributed by atoms with van der Waals surface area (Å²) in [6.45, 7) is 3.14. The van der Waals surface area contributed by atoms with E-state index in [0.29, 0.717) is 26.1 Å². The Morgan fingerprint density at radius 2 is 1.96 bits per heavy atom. The minimum atomic E-state index is -0.301. The molecule has 1 aliphatic heterocycles. The molecule has 0 bridgehead atoms. The monoisotopic (exact) mass is 385 g/mol. The second kappa shape index (κ2) is 9.21. The molecule has 1 N–H and O–H groups in total. The highest BCUT2D eigenvalue weighted by molar-refractivity contribution is 6.01. The Labute approximate surface area is 163 Å². The van der Waals surface area contributed by atoms with Gasteiger partial charge in [-0.3, -0.25) is 0 Å². The lowest BCUT2D eigenvalue weighted by Gasteiger charge is -2.25. The number of halogens is 1. The molecule has 0 radical (unpaired) electrons. The predicted octanol–water partition coefficient (Wildman–Crippen LogP) is 3.56. The summed E-state index contributed by atoms with van der Waals surface area (Å²) in [7, 11) is 1.62. The normalized spacial score (nSPS) is 15.5. The Bertz CT molecular complexity index is 822. The summed E-state index contributed by atoms with van der Waals surface area (Å²) in [6.07, 6.45) is 0.367. The smallest absolute Gasteiger partial charge is 0.317 e. The third-order valence-electron chi connectivity index (χ3n) is 4.48. The third kappa shape index (κ3) is 5.00. The molecule has 0 fully saturated rings. The number of amides is 2. The van der Waals surface area contributed by atoms with Crippen molar-refractivity contribution in [2.45, 2.75) is 26.0 Å². The van der Waals surface area contributed by atoms with Crippen LogP contribution in [0.3, 0.4) is 0 Å². The highest BCUT2D eigenvalue weighted by Gasteiger charge is 2.26. The van der Waals surface area contributed by atoms with E-state index in [1.165, 1.54) is 12.1 Å². The van der Waals surface area contributed by atoms with Gasteiger partial charge in [-0.2, -0.15) is 0 Å². The van der Waals surface area contributed by atoms with Crippen molar-refractivity contribution in [3.8, 4) is 5.75 Å². The van der Waals surface area contributed by atoms with E-state index < -0.39 is 0 Å². The van der Waals surface area contributed by atoms with Crippen LogP contribution in [0.5, 0.6) is 5.75 Å². The van der Waals surface area contributed by atoms with Crippen LogP contribution < -0.4 is 10.1 Å². The number of carbonyl (C=O) groups is 1. The van der Waals surface area contributed by atoms with E-state index in [0.717, 1.165) is 22.6 Å². The topological polar surface area (TPSA) is 63.2 Å². The molecule has 3 rings (SSSR count). The van der Waals surface area contributed by atoms with Gasteiger partial charge in [0, 0.05) is 19.5 Å². The molecule has 1 heterocycles. The summed E-state index contributed by atoms with van der Waals surface area (Å²) in [6, 6.07) is 13.6. The number of ether oxygens (including phenoxy) is 1. The first-order chi connectivity index (χ1) is 13.6. The highest BCUT2D eigenvalue weighted by atomic mass is 19.1. The van der Waals surface area contributed by atoms with Gasteiger partial charge in [-0.15, -0.1) is 0 Å². The number of nitrogens with zero attached hydrogens (tertiary/aromatic N) is 2. The fourth-order valence-corrected chi connectivity index (χ4v) is 3.02. The number of rotatable bonds is 7. The fraction of sp³-hybridized carbons (Fsp3) is 0.333. The third-order valence-corrected chi connectivity index (χ3v) is 4.48. The molecule has 1 aliphatic rings. The summed E-state index contributed by atoms with van der Waals surface area (Å²) in [5.74, 6) is 0.478. The minimum Gasteiger partial charge on any atom is -0.497 e. The summed E-state index contributed by atoms with van der Waals surface area (Å²) >= 11 is 0. The molecule has 28 heavy (non-hydrogen) atoms. The number of hydrogen-bond donors (Lipinski definition) is 1. The molecule has 0 saturated heterocycles. The van der Waals surface area contributed by atoms with Gasteiger partial charge in [0.05, 0.1) is 19.4 Å². The van der Waals surface area contributed by atoms with E-state index in [9.17, 15) is 9.18 Å². The number of nitrogens with one attached hydrogen (secondary N) is 1. The lowest BCUT2D eigenvalue weighted by molar-refractivity contribution is 0.0590. The largest absolute Gasteiger partial charge is 0.497 e. The maximum absolute atomic E-state index is 13.1. The molecule has 0 aromatic heterocycles. The van der Waals surface area contributed by atoms with Gasteiger partial charge in [0.2, 0.25) is 0 Å². The van der Waals surface area contributed by atoms with Gasteiger partial charge in [-0.25, -0.2) is 9.18 Å². The van der Waals surface area contributed by atoms with Crippen LogP contribution >= 0.6 is 0 Å². The Morgan fingerprint density at radius 3 is 2.61 bits per heavy atom. The molecule has 0 spiro atoms. The lowest BCUT2D eigenvalue weighted by Crippen LogP contribution is -2.43. The summed E-state index contributed by atoms with van der Waals surface area (Å²) < 4.78 is 18.3. The number of methoxy groups -OCH3 is 1. The summed E-state index contributed by atoms with van der Waals surface area (Å²) in [4.78, 5) is 19.7. The van der Waals surface area contributed by atoms with Crippen LogP contribution in [0.25, 0.3) is 0 Å². The van der Waals surface area contributed by atoms with Gasteiger partial charge in [0.1, 0.15) is 11.6 Å². The second-order valence-electron chi connectivity index (χ2n) is 6.54. The number of carbonyl (C=O) groups excluding carboxylic acids is 1. The van der Waals surface area contributed by atoms with Gasteiger partial charge >= 0.3 is 6.03 Å². The van der Waals surface area contributed by atoms with Gasteiger partial charge in [-0.05, 0) is 54.4 Å². The maximum Gasteiger partial charge on any atom is 0.317 e. The van der Waals surface area contributed by atoms with Crippen molar-refractivity contribution in [2.24, 2.45) is 5.16 Å². The Balaban J connectivity index is 1.64. The average Bonchev–Trinajstić information content (AvgIpc) is 3.18. The average molecular weight is 385 g/mol. The summed E-state index contributed by atoms with van der Waals surface area (Å²) in [5.41, 5.74) is 2.65. The van der Waals surface area contributed by atoms with Crippen molar-refractivity contribution in [1.82, 2.24) is 10.2 Å². The zero-order valence-electron chi connectivity index (χ0n) is 16.0. The van der Waals surface area contributed by atoms with Crippen LogP contribution in [0.2, 0.25) is 0 Å². The van der Waals surface area contributed by atoms with Crippen molar-refractivity contribution in [3.05, 3.63) is 65.5 Å². The van der Waals surface area contributed by atoms with Gasteiger partial charge < -0.3 is 19.8 Å². The predicted molar refractivity (Wildman–Crippen MR) is 105 cm³/mol. The van der Waals surface area contributed by atoms with Crippen LogP contribution in [-0.4, -0.2) is 42.9 Å². The van der Waals surface area contributed by atoms with Crippen LogP contribution in [0.1, 0.15) is 24.5 Å². The molecule has 2 aromatic carbocycles. The number of oxime groups is 1. The first-order valence-corrected chi connectivity index (χ1v) is 9.23. The van der Waals surface area contributed by atoms with Gasteiger partial charge in [0.15, 0.2) is 6.10 Å². The standard InChI is InChI=1S/C21H24FN3O3/c1-3-23-21(26)25(13-15-4-8-17(22)9-5-15)14-19-12-20(24-28-19)16-6-10-18(27-2)11-7-16/h4-11,19H,3,12-14H2,1-2H3,(H,23,26)/t19-/m0/s1. The Hall–Kier alpha value is -3.09. The van der Waals surface area contributed by atoms with E-state index in [-0.39, 0.29) is 18.0 Å². The van der Waals surface area contributed by atoms with Crippen LogP contribution in [0.15, 0.2) is 53.7 Å². The molecule has 0 aliphatic carbocycles. The quantitative estimate of drug-likeness (QED) is 0.793. The van der Waals surface area contributed by atoms with Crippen LogP contribution in [0, 0.1) is 5.82 Å². The van der Waals surface area contributed by atoms with Gasteiger partial charge in [-0.1, -0.05) is 17.3 Å². The molecular weight excluding hydrogens is 361 g/mol. The molecule has 2 aromatic rings. The molecule has 0 saturated carbocycles. The van der Waals surface area contributed by atoms with E-state index >= 15 is 0 Å². The van der Waals surface area contributed by atoms with Crippen molar-refractivity contribution in [2.75, 3.05) is 20.2 Å².